The summed E-state index contributed by atoms with van der Waals surface area (Å²) in [4.78, 5) is 2.31. The van der Waals surface area contributed by atoms with Gasteiger partial charge in [0.2, 0.25) is 0 Å². The van der Waals surface area contributed by atoms with Crippen molar-refractivity contribution in [1.29, 1.82) is 0 Å². The molecule has 0 radical (unpaired) electrons. The van der Waals surface area contributed by atoms with Crippen LogP contribution in [-0.4, -0.2) is 52.1 Å². The standard InChI is InChI=1S/C25H32N4O2/c1-28-16-20(14-27-28)10-12-26-15-22-7-4-5-9-25(22)31-19-24(30)18-29-13-11-21-6-2-3-8-23(21)17-29/h2-9,14,16,24,26,30H,10-13,15,17-19H2,1H3. The molecule has 2 N–H and O–H groups in total. The molecule has 0 amide bonds. The Bertz CT molecular complexity index is 971. The van der Waals surface area contributed by atoms with E-state index in [2.05, 4.69) is 45.6 Å². The second-order valence-corrected chi connectivity index (χ2v) is 8.28. The van der Waals surface area contributed by atoms with Crippen LogP contribution >= 0.6 is 0 Å². The number of nitrogens with zero attached hydrogens (tertiary/aromatic N) is 3. The zero-order valence-electron chi connectivity index (χ0n) is 18.2. The van der Waals surface area contributed by atoms with Gasteiger partial charge in [-0.15, -0.1) is 0 Å². The highest BCUT2D eigenvalue weighted by Crippen LogP contribution is 2.20. The Labute approximate surface area is 184 Å². The lowest BCUT2D eigenvalue weighted by molar-refractivity contribution is 0.0634. The highest BCUT2D eigenvalue weighted by molar-refractivity contribution is 5.33. The predicted octanol–water partition coefficient (Wildman–Crippen LogP) is 2.55. The van der Waals surface area contributed by atoms with Crippen LogP contribution in [0.4, 0.5) is 0 Å². The molecule has 2 heterocycles. The summed E-state index contributed by atoms with van der Waals surface area (Å²) in [5.41, 5.74) is 5.12. The van der Waals surface area contributed by atoms with Gasteiger partial charge in [0.05, 0.1) is 6.20 Å². The minimum absolute atomic E-state index is 0.296. The largest absolute Gasteiger partial charge is 0.491 e. The summed E-state index contributed by atoms with van der Waals surface area (Å²) >= 11 is 0. The van der Waals surface area contributed by atoms with E-state index in [9.17, 15) is 5.11 Å². The average Bonchev–Trinajstić information content (AvgIpc) is 3.21. The number of aromatic nitrogens is 2. The summed E-state index contributed by atoms with van der Waals surface area (Å²) < 4.78 is 7.82. The van der Waals surface area contributed by atoms with Crippen LogP contribution in [0.1, 0.15) is 22.3 Å². The molecular weight excluding hydrogens is 388 g/mol. The number of aliphatic hydroxyl groups is 1. The molecule has 31 heavy (non-hydrogen) atoms. The van der Waals surface area contributed by atoms with Gasteiger partial charge in [0.1, 0.15) is 18.5 Å². The van der Waals surface area contributed by atoms with Crippen molar-refractivity contribution >= 4 is 0 Å². The number of nitrogens with one attached hydrogen (secondary N) is 1. The van der Waals surface area contributed by atoms with Crippen molar-refractivity contribution in [2.45, 2.75) is 32.0 Å². The first kappa shape index (κ1) is 21.6. The minimum atomic E-state index is -0.517. The van der Waals surface area contributed by atoms with E-state index >= 15 is 0 Å². The van der Waals surface area contributed by atoms with Gasteiger partial charge in [0, 0.05) is 45.0 Å². The van der Waals surface area contributed by atoms with Gasteiger partial charge in [0.25, 0.3) is 0 Å². The Kier molecular flexibility index (Phi) is 7.35. The molecule has 0 bridgehead atoms. The van der Waals surface area contributed by atoms with Gasteiger partial charge in [-0.2, -0.15) is 5.10 Å². The Balaban J connectivity index is 1.22. The summed E-state index contributed by atoms with van der Waals surface area (Å²) in [5.74, 6) is 0.833. The van der Waals surface area contributed by atoms with Crippen molar-refractivity contribution in [3.8, 4) is 5.75 Å². The third-order valence-electron chi connectivity index (χ3n) is 5.75. The molecule has 164 valence electrons. The van der Waals surface area contributed by atoms with E-state index in [1.54, 1.807) is 0 Å². The highest BCUT2D eigenvalue weighted by Gasteiger charge is 2.19. The number of para-hydroxylation sites is 1. The Hall–Kier alpha value is -2.67. The Morgan fingerprint density at radius 3 is 2.77 bits per heavy atom. The Morgan fingerprint density at radius 1 is 1.13 bits per heavy atom. The number of aryl methyl sites for hydroxylation is 1. The van der Waals surface area contributed by atoms with Crippen LogP contribution in [0.2, 0.25) is 0 Å². The topological polar surface area (TPSA) is 62.6 Å². The van der Waals surface area contributed by atoms with Crippen molar-refractivity contribution in [1.82, 2.24) is 20.0 Å². The third kappa shape index (κ3) is 6.17. The van der Waals surface area contributed by atoms with Crippen LogP contribution in [0.3, 0.4) is 0 Å². The smallest absolute Gasteiger partial charge is 0.123 e. The summed E-state index contributed by atoms with van der Waals surface area (Å²) in [6.07, 6.45) is 5.41. The molecule has 1 aliphatic heterocycles. The number of hydrogen-bond acceptors (Lipinski definition) is 5. The number of benzene rings is 2. The first-order valence-electron chi connectivity index (χ1n) is 11.0. The molecular formula is C25H32N4O2. The van der Waals surface area contributed by atoms with E-state index in [0.717, 1.165) is 50.3 Å². The zero-order valence-corrected chi connectivity index (χ0v) is 18.2. The normalized spacial score (nSPS) is 14.9. The summed E-state index contributed by atoms with van der Waals surface area (Å²) in [6.45, 7) is 4.40. The molecule has 1 aliphatic rings. The van der Waals surface area contributed by atoms with Crippen molar-refractivity contribution in [3.63, 3.8) is 0 Å². The fourth-order valence-corrected chi connectivity index (χ4v) is 4.09. The summed E-state index contributed by atoms with van der Waals surface area (Å²) in [5, 5.41) is 18.2. The molecule has 0 fully saturated rings. The number of aliphatic hydroxyl groups excluding tert-OH is 1. The van der Waals surface area contributed by atoms with E-state index < -0.39 is 6.10 Å². The molecule has 1 atom stereocenters. The SMILES string of the molecule is Cn1cc(CCNCc2ccccc2OCC(O)CN2CCc3ccccc3C2)cn1. The molecule has 0 aliphatic carbocycles. The van der Waals surface area contributed by atoms with Gasteiger partial charge in [-0.1, -0.05) is 42.5 Å². The minimum Gasteiger partial charge on any atom is -0.491 e. The monoisotopic (exact) mass is 420 g/mol. The number of fused-ring (bicyclic) bond motifs is 1. The molecule has 4 rings (SSSR count). The van der Waals surface area contributed by atoms with E-state index in [0.29, 0.717) is 13.2 Å². The van der Waals surface area contributed by atoms with Crippen LogP contribution in [-0.2, 0) is 33.0 Å². The maximum atomic E-state index is 10.6. The fourth-order valence-electron chi connectivity index (χ4n) is 4.09. The first-order chi connectivity index (χ1) is 15.2. The number of hydrogen-bond donors (Lipinski definition) is 2. The van der Waals surface area contributed by atoms with Gasteiger partial charge in [-0.25, -0.2) is 0 Å². The van der Waals surface area contributed by atoms with Crippen molar-refractivity contribution < 1.29 is 9.84 Å². The summed E-state index contributed by atoms with van der Waals surface area (Å²) in [6, 6.07) is 16.6. The van der Waals surface area contributed by atoms with E-state index in [1.807, 2.05) is 42.3 Å². The van der Waals surface area contributed by atoms with E-state index in [1.165, 1.54) is 16.7 Å². The van der Waals surface area contributed by atoms with Crippen molar-refractivity contribution in [3.05, 3.63) is 83.2 Å². The number of rotatable bonds is 10. The maximum absolute atomic E-state index is 10.6. The van der Waals surface area contributed by atoms with Gasteiger partial charge in [-0.05, 0) is 42.1 Å². The highest BCUT2D eigenvalue weighted by atomic mass is 16.5. The fraction of sp³-hybridized carbons (Fsp3) is 0.400. The molecule has 2 aromatic carbocycles. The van der Waals surface area contributed by atoms with Crippen LogP contribution in [0, 0.1) is 0 Å². The first-order valence-corrected chi connectivity index (χ1v) is 11.0. The molecule has 0 spiro atoms. The van der Waals surface area contributed by atoms with Gasteiger partial charge in [0.15, 0.2) is 0 Å². The lowest BCUT2D eigenvalue weighted by atomic mass is 10.00. The summed E-state index contributed by atoms with van der Waals surface area (Å²) in [7, 11) is 1.93. The molecule has 3 aromatic rings. The van der Waals surface area contributed by atoms with Crippen molar-refractivity contribution in [2.24, 2.45) is 7.05 Å². The number of β-amino-alcohol motifs (C(OH)–C–C–N with tert-alkyl or cyclic N) is 1. The average molecular weight is 421 g/mol. The number of ether oxygens (including phenoxy) is 1. The van der Waals surface area contributed by atoms with Gasteiger partial charge < -0.3 is 15.2 Å². The third-order valence-corrected chi connectivity index (χ3v) is 5.75. The van der Waals surface area contributed by atoms with Crippen molar-refractivity contribution in [2.75, 3.05) is 26.2 Å². The second kappa shape index (κ2) is 10.6. The molecule has 0 saturated carbocycles. The quantitative estimate of drug-likeness (QED) is 0.494. The van der Waals surface area contributed by atoms with Crippen LogP contribution in [0.5, 0.6) is 5.75 Å². The molecule has 1 unspecified atom stereocenters. The van der Waals surface area contributed by atoms with E-state index in [4.69, 9.17) is 4.74 Å². The zero-order chi connectivity index (χ0) is 21.5. The van der Waals surface area contributed by atoms with Crippen LogP contribution in [0.25, 0.3) is 0 Å². The van der Waals surface area contributed by atoms with Crippen LogP contribution < -0.4 is 10.1 Å². The maximum Gasteiger partial charge on any atom is 0.123 e. The van der Waals surface area contributed by atoms with E-state index in [-0.39, 0.29) is 0 Å². The molecule has 6 heteroatoms. The van der Waals surface area contributed by atoms with Crippen LogP contribution in [0.15, 0.2) is 60.9 Å². The van der Waals surface area contributed by atoms with Gasteiger partial charge in [-0.3, -0.25) is 9.58 Å². The van der Waals surface area contributed by atoms with Gasteiger partial charge >= 0.3 is 0 Å². The predicted molar refractivity (Wildman–Crippen MR) is 122 cm³/mol. The molecule has 0 saturated heterocycles. The molecule has 1 aromatic heterocycles. The lowest BCUT2D eigenvalue weighted by Crippen LogP contribution is -2.38. The lowest BCUT2D eigenvalue weighted by Gasteiger charge is -2.30. The second-order valence-electron chi connectivity index (χ2n) is 8.28. The molecule has 6 nitrogen and oxygen atoms in total. The Morgan fingerprint density at radius 2 is 1.94 bits per heavy atom.